The van der Waals surface area contributed by atoms with Gasteiger partial charge in [0.05, 0.1) is 6.54 Å². The van der Waals surface area contributed by atoms with E-state index in [2.05, 4.69) is 20.5 Å². The first-order chi connectivity index (χ1) is 11.1. The second-order valence-electron chi connectivity index (χ2n) is 4.96. The molecule has 0 unspecified atom stereocenters. The molecule has 0 saturated carbocycles. The van der Waals surface area contributed by atoms with Gasteiger partial charge in [0, 0.05) is 16.8 Å². The fourth-order valence-electron chi connectivity index (χ4n) is 2.01. The van der Waals surface area contributed by atoms with Gasteiger partial charge in [-0.1, -0.05) is 0 Å². The van der Waals surface area contributed by atoms with E-state index in [0.29, 0.717) is 22.9 Å². The zero-order chi connectivity index (χ0) is 16.2. The highest BCUT2D eigenvalue weighted by molar-refractivity contribution is 5.94. The van der Waals surface area contributed by atoms with Crippen molar-refractivity contribution >= 4 is 11.6 Å². The third kappa shape index (κ3) is 3.46. The molecular formula is C16H15N5O2. The Labute approximate surface area is 132 Å². The van der Waals surface area contributed by atoms with Crippen LogP contribution in [0.1, 0.15) is 16.2 Å². The van der Waals surface area contributed by atoms with Gasteiger partial charge < -0.3 is 16.2 Å². The van der Waals surface area contributed by atoms with Crippen molar-refractivity contribution in [3.05, 3.63) is 59.9 Å². The molecule has 1 amide bonds. The first-order valence-corrected chi connectivity index (χ1v) is 6.96. The number of nitrogens with two attached hydrogens (primary N) is 1. The number of hydrogen-bond donors (Lipinski definition) is 4. The first kappa shape index (κ1) is 14.6. The quantitative estimate of drug-likeness (QED) is 0.547. The molecule has 0 aliphatic heterocycles. The zero-order valence-corrected chi connectivity index (χ0v) is 12.2. The molecule has 5 N–H and O–H groups in total. The van der Waals surface area contributed by atoms with E-state index in [1.807, 2.05) is 0 Å². The lowest BCUT2D eigenvalue weighted by Crippen LogP contribution is -2.23. The topological polar surface area (TPSA) is 117 Å². The van der Waals surface area contributed by atoms with Crippen molar-refractivity contribution in [3.63, 3.8) is 0 Å². The lowest BCUT2D eigenvalue weighted by atomic mass is 10.2. The van der Waals surface area contributed by atoms with Crippen LogP contribution in [0.15, 0.2) is 48.5 Å². The standard InChI is InChI=1S/C16H15N5O2/c17-12-5-1-11(2-6-12)16(23)18-9-14-19-15(21-20-14)10-3-7-13(22)8-4-10/h1-8,22H,9,17H2,(H,18,23)(H,19,20,21). The molecule has 0 radical (unpaired) electrons. The molecule has 3 rings (SSSR count). The van der Waals surface area contributed by atoms with Crippen molar-refractivity contribution in [2.45, 2.75) is 6.54 Å². The van der Waals surface area contributed by atoms with Gasteiger partial charge in [0.25, 0.3) is 5.91 Å². The molecule has 3 aromatic rings. The Balaban J connectivity index is 1.64. The number of benzene rings is 2. The van der Waals surface area contributed by atoms with E-state index in [1.54, 1.807) is 48.5 Å². The Morgan fingerprint density at radius 2 is 1.83 bits per heavy atom. The van der Waals surface area contributed by atoms with E-state index in [4.69, 9.17) is 5.73 Å². The molecule has 0 aliphatic rings. The van der Waals surface area contributed by atoms with E-state index < -0.39 is 0 Å². The van der Waals surface area contributed by atoms with Crippen molar-refractivity contribution in [1.82, 2.24) is 20.5 Å². The summed E-state index contributed by atoms with van der Waals surface area (Å²) in [5, 5.41) is 18.9. The average molecular weight is 309 g/mol. The van der Waals surface area contributed by atoms with Gasteiger partial charge in [-0.2, -0.15) is 5.10 Å². The van der Waals surface area contributed by atoms with Crippen molar-refractivity contribution in [1.29, 1.82) is 0 Å². The van der Waals surface area contributed by atoms with E-state index in [9.17, 15) is 9.90 Å². The maximum atomic E-state index is 12.0. The molecule has 23 heavy (non-hydrogen) atoms. The van der Waals surface area contributed by atoms with Crippen LogP contribution in [0.25, 0.3) is 11.4 Å². The Bertz CT molecular complexity index is 809. The number of phenols is 1. The largest absolute Gasteiger partial charge is 0.508 e. The van der Waals surface area contributed by atoms with Crippen LogP contribution in [0, 0.1) is 0 Å². The van der Waals surface area contributed by atoms with Crippen LogP contribution < -0.4 is 11.1 Å². The number of H-pyrrole nitrogens is 1. The summed E-state index contributed by atoms with van der Waals surface area (Å²) in [5.74, 6) is 1.01. The third-order valence-corrected chi connectivity index (χ3v) is 3.25. The number of phenolic OH excluding ortho intramolecular Hbond substituents is 1. The molecule has 1 heterocycles. The summed E-state index contributed by atoms with van der Waals surface area (Å²) in [5.41, 5.74) is 7.49. The number of aromatic nitrogens is 3. The number of nitrogens with zero attached hydrogens (tertiary/aromatic N) is 2. The van der Waals surface area contributed by atoms with Gasteiger partial charge in [-0.05, 0) is 48.5 Å². The zero-order valence-electron chi connectivity index (χ0n) is 12.2. The summed E-state index contributed by atoms with van der Waals surface area (Å²) in [6.07, 6.45) is 0. The number of aromatic amines is 1. The number of rotatable bonds is 4. The molecule has 0 atom stereocenters. The normalized spacial score (nSPS) is 10.4. The predicted molar refractivity (Wildman–Crippen MR) is 85.5 cm³/mol. The highest BCUT2D eigenvalue weighted by Crippen LogP contribution is 2.18. The fourth-order valence-corrected chi connectivity index (χ4v) is 2.01. The second kappa shape index (κ2) is 6.18. The molecule has 7 nitrogen and oxygen atoms in total. The highest BCUT2D eigenvalue weighted by Gasteiger charge is 2.09. The summed E-state index contributed by atoms with van der Waals surface area (Å²) < 4.78 is 0. The Kier molecular flexibility index (Phi) is 3.92. The molecule has 7 heteroatoms. The monoisotopic (exact) mass is 309 g/mol. The van der Waals surface area contributed by atoms with Crippen LogP contribution in [0.2, 0.25) is 0 Å². The average Bonchev–Trinajstić information content (AvgIpc) is 3.03. The van der Waals surface area contributed by atoms with Crippen LogP contribution in [-0.4, -0.2) is 26.2 Å². The summed E-state index contributed by atoms with van der Waals surface area (Å²) >= 11 is 0. The summed E-state index contributed by atoms with van der Waals surface area (Å²) in [6.45, 7) is 0.230. The maximum Gasteiger partial charge on any atom is 0.251 e. The summed E-state index contributed by atoms with van der Waals surface area (Å²) in [4.78, 5) is 16.3. The minimum Gasteiger partial charge on any atom is -0.508 e. The number of aromatic hydroxyl groups is 1. The highest BCUT2D eigenvalue weighted by atomic mass is 16.3. The van der Waals surface area contributed by atoms with Gasteiger partial charge in [-0.3, -0.25) is 9.89 Å². The maximum absolute atomic E-state index is 12.0. The molecule has 0 fully saturated rings. The van der Waals surface area contributed by atoms with Crippen LogP contribution in [0.5, 0.6) is 5.75 Å². The smallest absolute Gasteiger partial charge is 0.251 e. The molecule has 0 aliphatic carbocycles. The van der Waals surface area contributed by atoms with Crippen LogP contribution in [0.4, 0.5) is 5.69 Å². The van der Waals surface area contributed by atoms with Crippen molar-refractivity contribution in [3.8, 4) is 17.1 Å². The van der Waals surface area contributed by atoms with Gasteiger partial charge in [-0.15, -0.1) is 0 Å². The van der Waals surface area contributed by atoms with E-state index in [-0.39, 0.29) is 18.2 Å². The van der Waals surface area contributed by atoms with Gasteiger partial charge in [0.15, 0.2) is 5.82 Å². The molecule has 0 bridgehead atoms. The Morgan fingerprint density at radius 1 is 1.13 bits per heavy atom. The van der Waals surface area contributed by atoms with Crippen molar-refractivity contribution < 1.29 is 9.90 Å². The van der Waals surface area contributed by atoms with Crippen LogP contribution in [-0.2, 0) is 6.54 Å². The summed E-state index contributed by atoms with van der Waals surface area (Å²) in [6, 6.07) is 13.2. The van der Waals surface area contributed by atoms with Gasteiger partial charge in [0.1, 0.15) is 11.6 Å². The molecular weight excluding hydrogens is 294 g/mol. The molecule has 0 saturated heterocycles. The number of carbonyl (C=O) groups excluding carboxylic acids is 1. The number of nitrogen functional groups attached to an aromatic ring is 1. The second-order valence-corrected chi connectivity index (χ2v) is 4.96. The van der Waals surface area contributed by atoms with E-state index in [0.717, 1.165) is 5.56 Å². The molecule has 116 valence electrons. The summed E-state index contributed by atoms with van der Waals surface area (Å²) in [7, 11) is 0. The number of hydrogen-bond acceptors (Lipinski definition) is 5. The lowest BCUT2D eigenvalue weighted by Gasteiger charge is -2.03. The van der Waals surface area contributed by atoms with E-state index in [1.165, 1.54) is 0 Å². The molecule has 2 aromatic carbocycles. The van der Waals surface area contributed by atoms with E-state index >= 15 is 0 Å². The van der Waals surface area contributed by atoms with Gasteiger partial charge in [-0.25, -0.2) is 4.98 Å². The third-order valence-electron chi connectivity index (χ3n) is 3.25. The molecule has 1 aromatic heterocycles. The van der Waals surface area contributed by atoms with Crippen LogP contribution >= 0.6 is 0 Å². The Hall–Kier alpha value is -3.35. The molecule has 0 spiro atoms. The first-order valence-electron chi connectivity index (χ1n) is 6.96. The number of anilines is 1. The fraction of sp³-hybridized carbons (Fsp3) is 0.0625. The Morgan fingerprint density at radius 3 is 2.52 bits per heavy atom. The van der Waals surface area contributed by atoms with Crippen molar-refractivity contribution in [2.24, 2.45) is 0 Å². The SMILES string of the molecule is Nc1ccc(C(=O)NCc2nc(-c3ccc(O)cc3)n[nH]2)cc1. The van der Waals surface area contributed by atoms with Crippen LogP contribution in [0.3, 0.4) is 0 Å². The number of amides is 1. The van der Waals surface area contributed by atoms with Gasteiger partial charge >= 0.3 is 0 Å². The minimum atomic E-state index is -0.215. The minimum absolute atomic E-state index is 0.181. The lowest BCUT2D eigenvalue weighted by molar-refractivity contribution is 0.0950. The van der Waals surface area contributed by atoms with Gasteiger partial charge in [0.2, 0.25) is 0 Å². The number of nitrogens with one attached hydrogen (secondary N) is 2. The predicted octanol–water partition coefficient (Wildman–Crippen LogP) is 1.69. The van der Waals surface area contributed by atoms with Crippen molar-refractivity contribution in [2.75, 3.05) is 5.73 Å². The number of carbonyl (C=O) groups is 1.